The Hall–Kier alpha value is -2.71. The second kappa shape index (κ2) is 9.67. The van der Waals surface area contributed by atoms with Crippen molar-refractivity contribution in [1.82, 2.24) is 14.9 Å². The number of likely N-dealkylation sites (N-methyl/N-ethyl adjacent to an activating group) is 1. The van der Waals surface area contributed by atoms with E-state index in [0.717, 1.165) is 33.8 Å². The number of aryl methyl sites for hydroxylation is 1. The Bertz CT molecular complexity index is 989. The Balaban J connectivity index is 1.77. The molecule has 7 nitrogen and oxygen atoms in total. The summed E-state index contributed by atoms with van der Waals surface area (Å²) in [5.74, 6) is 1.58. The molecule has 0 aliphatic carbocycles. The zero-order valence-corrected chi connectivity index (χ0v) is 18.0. The largest absolute Gasteiger partial charge is 0.497 e. The Morgan fingerprint density at radius 3 is 2.86 bits per heavy atom. The standard InChI is InChI=1S/C21H26N4O3S/c1-14-17-19(22-9-8-15-6-5-7-16(12-15)28-4)23-13-24-20(17)29-18(14)21(26)25(2)10-11-27-3/h5-7,12-13H,8-11H2,1-4H3,(H,22,23,24). The van der Waals surface area contributed by atoms with Gasteiger partial charge in [0.2, 0.25) is 0 Å². The van der Waals surface area contributed by atoms with Gasteiger partial charge in [-0.05, 0) is 36.6 Å². The van der Waals surface area contributed by atoms with Gasteiger partial charge in [0.25, 0.3) is 5.91 Å². The number of anilines is 1. The molecule has 0 spiro atoms. The zero-order valence-electron chi connectivity index (χ0n) is 17.2. The first-order chi connectivity index (χ1) is 14.0. The quantitative estimate of drug-likeness (QED) is 0.578. The average molecular weight is 415 g/mol. The zero-order chi connectivity index (χ0) is 20.8. The maximum absolute atomic E-state index is 12.8. The second-order valence-corrected chi connectivity index (χ2v) is 7.71. The van der Waals surface area contributed by atoms with Crippen LogP contribution in [0.25, 0.3) is 10.2 Å². The molecule has 2 heterocycles. The molecule has 1 aromatic carbocycles. The van der Waals surface area contributed by atoms with Crippen LogP contribution in [0.15, 0.2) is 30.6 Å². The normalized spacial score (nSPS) is 10.9. The van der Waals surface area contributed by atoms with Gasteiger partial charge in [-0.3, -0.25) is 4.79 Å². The molecule has 1 amide bonds. The number of methoxy groups -OCH3 is 2. The van der Waals surface area contributed by atoms with E-state index in [1.54, 1.807) is 26.2 Å². The Morgan fingerprint density at radius 1 is 1.28 bits per heavy atom. The van der Waals surface area contributed by atoms with Crippen molar-refractivity contribution in [3.8, 4) is 5.75 Å². The van der Waals surface area contributed by atoms with Crippen molar-refractivity contribution in [3.05, 3.63) is 46.6 Å². The minimum Gasteiger partial charge on any atom is -0.497 e. The second-order valence-electron chi connectivity index (χ2n) is 6.71. The van der Waals surface area contributed by atoms with Gasteiger partial charge in [-0.1, -0.05) is 12.1 Å². The van der Waals surface area contributed by atoms with Gasteiger partial charge in [0, 0.05) is 27.2 Å². The van der Waals surface area contributed by atoms with E-state index in [1.807, 2.05) is 25.1 Å². The SMILES string of the molecule is COCCN(C)C(=O)c1sc2ncnc(NCCc3cccc(OC)c3)c2c1C. The number of hydrogen-bond donors (Lipinski definition) is 1. The number of amides is 1. The van der Waals surface area contributed by atoms with Gasteiger partial charge < -0.3 is 19.7 Å². The average Bonchev–Trinajstić information content (AvgIpc) is 3.09. The van der Waals surface area contributed by atoms with Crippen LogP contribution in [0, 0.1) is 6.92 Å². The molecule has 0 atom stereocenters. The summed E-state index contributed by atoms with van der Waals surface area (Å²) in [5, 5.41) is 4.31. The van der Waals surface area contributed by atoms with Crippen molar-refractivity contribution in [2.45, 2.75) is 13.3 Å². The lowest BCUT2D eigenvalue weighted by atomic mass is 10.1. The van der Waals surface area contributed by atoms with Crippen LogP contribution in [-0.4, -0.2) is 61.7 Å². The van der Waals surface area contributed by atoms with Gasteiger partial charge >= 0.3 is 0 Å². The molecule has 3 rings (SSSR count). The summed E-state index contributed by atoms with van der Waals surface area (Å²) in [5.41, 5.74) is 2.09. The summed E-state index contributed by atoms with van der Waals surface area (Å²) < 4.78 is 10.3. The predicted octanol–water partition coefficient (Wildman–Crippen LogP) is 3.38. The highest BCUT2D eigenvalue weighted by Crippen LogP contribution is 2.33. The lowest BCUT2D eigenvalue weighted by Crippen LogP contribution is -2.29. The highest BCUT2D eigenvalue weighted by molar-refractivity contribution is 7.20. The number of fused-ring (bicyclic) bond motifs is 1. The van der Waals surface area contributed by atoms with Crippen molar-refractivity contribution >= 4 is 33.3 Å². The van der Waals surface area contributed by atoms with Gasteiger partial charge in [-0.2, -0.15) is 0 Å². The molecule has 0 aliphatic rings. The number of nitrogens with one attached hydrogen (secondary N) is 1. The molecule has 0 radical (unpaired) electrons. The third-order valence-electron chi connectivity index (χ3n) is 4.74. The fraction of sp³-hybridized carbons (Fsp3) is 0.381. The van der Waals surface area contributed by atoms with Crippen molar-refractivity contribution in [1.29, 1.82) is 0 Å². The van der Waals surface area contributed by atoms with Crippen molar-refractivity contribution < 1.29 is 14.3 Å². The van der Waals surface area contributed by atoms with Crippen LogP contribution in [0.4, 0.5) is 5.82 Å². The fourth-order valence-electron chi connectivity index (χ4n) is 3.07. The van der Waals surface area contributed by atoms with Crippen molar-refractivity contribution in [3.63, 3.8) is 0 Å². The van der Waals surface area contributed by atoms with E-state index < -0.39 is 0 Å². The van der Waals surface area contributed by atoms with Crippen LogP contribution in [0.3, 0.4) is 0 Å². The summed E-state index contributed by atoms with van der Waals surface area (Å²) in [6.07, 6.45) is 2.37. The summed E-state index contributed by atoms with van der Waals surface area (Å²) >= 11 is 1.40. The molecule has 2 aromatic heterocycles. The molecule has 1 N–H and O–H groups in total. The molecule has 8 heteroatoms. The van der Waals surface area contributed by atoms with Gasteiger partial charge in [-0.15, -0.1) is 11.3 Å². The van der Waals surface area contributed by atoms with E-state index in [0.29, 0.717) is 24.6 Å². The molecule has 3 aromatic rings. The number of carbonyl (C=O) groups is 1. The van der Waals surface area contributed by atoms with E-state index in [4.69, 9.17) is 9.47 Å². The van der Waals surface area contributed by atoms with E-state index in [9.17, 15) is 4.79 Å². The molecule has 0 bridgehead atoms. The number of hydrogen-bond acceptors (Lipinski definition) is 7. The molecule has 0 aliphatic heterocycles. The third-order valence-corrected chi connectivity index (χ3v) is 5.93. The number of ether oxygens (including phenoxy) is 2. The first-order valence-corrected chi connectivity index (χ1v) is 10.2. The predicted molar refractivity (Wildman–Crippen MR) is 116 cm³/mol. The molecule has 0 unspecified atom stereocenters. The Labute approximate surface area is 174 Å². The van der Waals surface area contributed by atoms with Gasteiger partial charge in [0.1, 0.15) is 22.7 Å². The highest BCUT2D eigenvalue weighted by Gasteiger charge is 2.21. The molecule has 29 heavy (non-hydrogen) atoms. The van der Waals surface area contributed by atoms with Crippen LogP contribution >= 0.6 is 11.3 Å². The maximum atomic E-state index is 12.8. The third kappa shape index (κ3) is 4.83. The number of benzene rings is 1. The lowest BCUT2D eigenvalue weighted by Gasteiger charge is -2.16. The maximum Gasteiger partial charge on any atom is 0.264 e. The van der Waals surface area contributed by atoms with E-state index >= 15 is 0 Å². The topological polar surface area (TPSA) is 76.6 Å². The van der Waals surface area contributed by atoms with Gasteiger partial charge in [0.15, 0.2) is 0 Å². The summed E-state index contributed by atoms with van der Waals surface area (Å²) in [6, 6.07) is 8.02. The van der Waals surface area contributed by atoms with E-state index in [2.05, 4.69) is 21.4 Å². The van der Waals surface area contributed by atoms with E-state index in [1.165, 1.54) is 23.2 Å². The monoisotopic (exact) mass is 414 g/mol. The number of carbonyl (C=O) groups excluding carboxylic acids is 1. The molecule has 0 saturated carbocycles. The van der Waals surface area contributed by atoms with Gasteiger partial charge in [-0.25, -0.2) is 9.97 Å². The Kier molecular flexibility index (Phi) is 7.00. The molecular weight excluding hydrogens is 388 g/mol. The van der Waals surface area contributed by atoms with E-state index in [-0.39, 0.29) is 5.91 Å². The van der Waals surface area contributed by atoms with Crippen molar-refractivity contribution in [2.75, 3.05) is 46.3 Å². The van der Waals surface area contributed by atoms with Crippen molar-refractivity contribution in [2.24, 2.45) is 0 Å². The number of thiophene rings is 1. The molecule has 0 saturated heterocycles. The molecular formula is C21H26N4O3S. The smallest absolute Gasteiger partial charge is 0.264 e. The molecule has 154 valence electrons. The highest BCUT2D eigenvalue weighted by atomic mass is 32.1. The molecule has 0 fully saturated rings. The van der Waals surface area contributed by atoms with Gasteiger partial charge in [0.05, 0.1) is 24.0 Å². The van der Waals surface area contributed by atoms with Crippen LogP contribution in [0.2, 0.25) is 0 Å². The minimum atomic E-state index is -0.0233. The first-order valence-electron chi connectivity index (χ1n) is 9.40. The number of aromatic nitrogens is 2. The summed E-state index contributed by atoms with van der Waals surface area (Å²) in [4.78, 5) is 24.8. The summed E-state index contributed by atoms with van der Waals surface area (Å²) in [7, 11) is 5.08. The first kappa shape index (κ1) is 21.0. The van der Waals surface area contributed by atoms with Crippen LogP contribution in [0.5, 0.6) is 5.75 Å². The van der Waals surface area contributed by atoms with Crippen LogP contribution < -0.4 is 10.1 Å². The fourth-order valence-corrected chi connectivity index (χ4v) is 4.21. The number of nitrogens with zero attached hydrogens (tertiary/aromatic N) is 3. The van der Waals surface area contributed by atoms with Crippen LogP contribution in [-0.2, 0) is 11.2 Å². The minimum absolute atomic E-state index is 0.0233. The lowest BCUT2D eigenvalue weighted by molar-refractivity contribution is 0.0748. The van der Waals surface area contributed by atoms with Crippen LogP contribution in [0.1, 0.15) is 20.8 Å². The number of rotatable bonds is 9. The Morgan fingerprint density at radius 2 is 2.10 bits per heavy atom. The summed E-state index contributed by atoms with van der Waals surface area (Å²) in [6.45, 7) is 3.71.